The topological polar surface area (TPSA) is 58.6 Å². The molecular formula is C18H26N2O3. The zero-order valence-corrected chi connectivity index (χ0v) is 14.0. The number of amides is 1. The number of hydrogen-bond acceptors (Lipinski definition) is 4. The van der Waals surface area contributed by atoms with Crippen molar-refractivity contribution in [2.75, 3.05) is 31.6 Å². The standard InChI is InChI=1S/C18H26N2O3/c1-3-23-18(22)15-4-6-16(7-5-15)19-17(21)10-13-20-11-8-14(2)9-12-20/h4-7,14H,3,8-13H2,1-2H3,(H,19,21). The number of piperidine rings is 1. The molecule has 0 bridgehead atoms. The number of nitrogens with zero attached hydrogens (tertiary/aromatic N) is 1. The van der Waals surface area contributed by atoms with E-state index in [1.54, 1.807) is 31.2 Å². The summed E-state index contributed by atoms with van der Waals surface area (Å²) < 4.78 is 4.93. The smallest absolute Gasteiger partial charge is 0.338 e. The third-order valence-corrected chi connectivity index (χ3v) is 4.21. The molecule has 1 aromatic carbocycles. The number of likely N-dealkylation sites (tertiary alicyclic amines) is 1. The second kappa shape index (κ2) is 8.67. The SMILES string of the molecule is CCOC(=O)c1ccc(NC(=O)CCN2CCC(C)CC2)cc1. The molecule has 1 aliphatic heterocycles. The van der Waals surface area contributed by atoms with Crippen molar-refractivity contribution in [1.29, 1.82) is 0 Å². The second-order valence-electron chi connectivity index (χ2n) is 6.12. The van der Waals surface area contributed by atoms with Crippen LogP contribution in [0.5, 0.6) is 0 Å². The van der Waals surface area contributed by atoms with Gasteiger partial charge in [0.25, 0.3) is 0 Å². The number of carbonyl (C=O) groups is 2. The Morgan fingerprint density at radius 3 is 2.48 bits per heavy atom. The van der Waals surface area contributed by atoms with Gasteiger partial charge in [-0.15, -0.1) is 0 Å². The summed E-state index contributed by atoms with van der Waals surface area (Å²) in [5.41, 5.74) is 1.20. The fourth-order valence-corrected chi connectivity index (χ4v) is 2.67. The Bertz CT molecular complexity index is 520. The Morgan fingerprint density at radius 1 is 1.22 bits per heavy atom. The fraction of sp³-hybridized carbons (Fsp3) is 0.556. The van der Waals surface area contributed by atoms with Gasteiger partial charge in [0.15, 0.2) is 0 Å². The van der Waals surface area contributed by atoms with Crippen molar-refractivity contribution in [2.45, 2.75) is 33.1 Å². The molecule has 1 aromatic rings. The maximum atomic E-state index is 12.0. The zero-order chi connectivity index (χ0) is 16.7. The quantitative estimate of drug-likeness (QED) is 0.819. The van der Waals surface area contributed by atoms with E-state index in [-0.39, 0.29) is 11.9 Å². The first kappa shape index (κ1) is 17.5. The minimum absolute atomic E-state index is 0.00695. The van der Waals surface area contributed by atoms with Gasteiger partial charge in [-0.05, 0) is 63.0 Å². The zero-order valence-electron chi connectivity index (χ0n) is 14.0. The lowest BCUT2D eigenvalue weighted by atomic mass is 9.99. The van der Waals surface area contributed by atoms with Gasteiger partial charge in [0.1, 0.15) is 0 Å². The van der Waals surface area contributed by atoms with Crippen LogP contribution >= 0.6 is 0 Å². The van der Waals surface area contributed by atoms with Crippen LogP contribution < -0.4 is 5.32 Å². The molecule has 1 N–H and O–H groups in total. The highest BCUT2D eigenvalue weighted by Gasteiger charge is 2.16. The van der Waals surface area contributed by atoms with Gasteiger partial charge in [-0.25, -0.2) is 4.79 Å². The van der Waals surface area contributed by atoms with Crippen LogP contribution in [-0.4, -0.2) is 43.0 Å². The van der Waals surface area contributed by atoms with Crippen LogP contribution in [0.1, 0.15) is 43.5 Å². The Hall–Kier alpha value is -1.88. The third kappa shape index (κ3) is 5.67. The van der Waals surface area contributed by atoms with E-state index in [0.29, 0.717) is 24.3 Å². The summed E-state index contributed by atoms with van der Waals surface area (Å²) >= 11 is 0. The van der Waals surface area contributed by atoms with E-state index >= 15 is 0 Å². The van der Waals surface area contributed by atoms with Gasteiger partial charge in [-0.1, -0.05) is 6.92 Å². The number of benzene rings is 1. The highest BCUT2D eigenvalue weighted by Crippen LogP contribution is 2.16. The highest BCUT2D eigenvalue weighted by atomic mass is 16.5. The van der Waals surface area contributed by atoms with Gasteiger partial charge in [0.2, 0.25) is 5.91 Å². The van der Waals surface area contributed by atoms with Crippen molar-refractivity contribution in [3.63, 3.8) is 0 Å². The minimum Gasteiger partial charge on any atom is -0.462 e. The lowest BCUT2D eigenvalue weighted by Crippen LogP contribution is -2.35. The number of ether oxygens (including phenoxy) is 1. The first-order valence-electron chi connectivity index (χ1n) is 8.38. The van der Waals surface area contributed by atoms with Gasteiger partial charge in [0, 0.05) is 18.7 Å². The molecule has 23 heavy (non-hydrogen) atoms. The summed E-state index contributed by atoms with van der Waals surface area (Å²) in [6.07, 6.45) is 2.93. The fourth-order valence-electron chi connectivity index (χ4n) is 2.67. The number of rotatable bonds is 6. The molecule has 0 aromatic heterocycles. The van der Waals surface area contributed by atoms with E-state index in [1.165, 1.54) is 12.8 Å². The first-order chi connectivity index (χ1) is 11.1. The van der Waals surface area contributed by atoms with Crippen LogP contribution in [0.4, 0.5) is 5.69 Å². The lowest BCUT2D eigenvalue weighted by Gasteiger charge is -2.29. The molecule has 5 nitrogen and oxygen atoms in total. The molecule has 1 fully saturated rings. The number of anilines is 1. The second-order valence-corrected chi connectivity index (χ2v) is 6.12. The van der Waals surface area contributed by atoms with E-state index in [9.17, 15) is 9.59 Å². The Labute approximate surface area is 138 Å². The van der Waals surface area contributed by atoms with E-state index in [1.807, 2.05) is 0 Å². The number of nitrogens with one attached hydrogen (secondary N) is 1. The predicted molar refractivity (Wildman–Crippen MR) is 90.5 cm³/mol. The Morgan fingerprint density at radius 2 is 1.87 bits per heavy atom. The maximum absolute atomic E-state index is 12.0. The van der Waals surface area contributed by atoms with Crippen molar-refractivity contribution >= 4 is 17.6 Å². The molecule has 0 atom stereocenters. The number of hydrogen-bond donors (Lipinski definition) is 1. The first-order valence-corrected chi connectivity index (χ1v) is 8.38. The molecule has 1 saturated heterocycles. The van der Waals surface area contributed by atoms with E-state index < -0.39 is 0 Å². The van der Waals surface area contributed by atoms with Crippen LogP contribution in [0.3, 0.4) is 0 Å². The largest absolute Gasteiger partial charge is 0.462 e. The molecule has 1 heterocycles. The van der Waals surface area contributed by atoms with Crippen molar-refractivity contribution in [3.8, 4) is 0 Å². The monoisotopic (exact) mass is 318 g/mol. The van der Waals surface area contributed by atoms with Gasteiger partial charge in [0.05, 0.1) is 12.2 Å². The van der Waals surface area contributed by atoms with Crippen molar-refractivity contribution in [1.82, 2.24) is 4.90 Å². The molecule has 5 heteroatoms. The summed E-state index contributed by atoms with van der Waals surface area (Å²) in [5, 5.41) is 2.87. The van der Waals surface area contributed by atoms with Crippen LogP contribution in [-0.2, 0) is 9.53 Å². The Kier molecular flexibility index (Phi) is 6.59. The van der Waals surface area contributed by atoms with E-state index in [0.717, 1.165) is 25.6 Å². The normalized spacial score (nSPS) is 16.1. The van der Waals surface area contributed by atoms with Gasteiger partial charge in [-0.2, -0.15) is 0 Å². The van der Waals surface area contributed by atoms with E-state index in [2.05, 4.69) is 17.1 Å². The summed E-state index contributed by atoms with van der Waals surface area (Å²) in [6.45, 7) is 7.39. The summed E-state index contributed by atoms with van der Waals surface area (Å²) in [5.74, 6) is 0.468. The summed E-state index contributed by atoms with van der Waals surface area (Å²) in [7, 11) is 0. The number of esters is 1. The molecule has 0 aliphatic carbocycles. The molecular weight excluding hydrogens is 292 g/mol. The lowest BCUT2D eigenvalue weighted by molar-refractivity contribution is -0.116. The van der Waals surface area contributed by atoms with Gasteiger partial charge >= 0.3 is 5.97 Å². The molecule has 1 aliphatic rings. The summed E-state index contributed by atoms with van der Waals surface area (Å²) in [6, 6.07) is 6.79. The number of carbonyl (C=O) groups excluding carboxylic acids is 2. The van der Waals surface area contributed by atoms with Crippen LogP contribution in [0.25, 0.3) is 0 Å². The van der Waals surface area contributed by atoms with Crippen LogP contribution in [0.2, 0.25) is 0 Å². The minimum atomic E-state index is -0.343. The third-order valence-electron chi connectivity index (χ3n) is 4.21. The molecule has 0 spiro atoms. The van der Waals surface area contributed by atoms with Crippen LogP contribution in [0, 0.1) is 5.92 Å². The average Bonchev–Trinajstić information content (AvgIpc) is 2.55. The molecule has 0 saturated carbocycles. The Balaban J connectivity index is 1.75. The average molecular weight is 318 g/mol. The highest BCUT2D eigenvalue weighted by molar-refractivity contribution is 5.93. The summed E-state index contributed by atoms with van der Waals surface area (Å²) in [4.78, 5) is 25.9. The molecule has 2 rings (SSSR count). The molecule has 0 unspecified atom stereocenters. The van der Waals surface area contributed by atoms with Crippen molar-refractivity contribution in [3.05, 3.63) is 29.8 Å². The van der Waals surface area contributed by atoms with Gasteiger partial charge < -0.3 is 15.0 Å². The molecule has 1 amide bonds. The predicted octanol–water partition coefficient (Wildman–Crippen LogP) is 2.92. The maximum Gasteiger partial charge on any atom is 0.338 e. The van der Waals surface area contributed by atoms with Gasteiger partial charge in [-0.3, -0.25) is 4.79 Å². The molecule has 126 valence electrons. The van der Waals surface area contributed by atoms with Crippen molar-refractivity contribution < 1.29 is 14.3 Å². The van der Waals surface area contributed by atoms with Crippen LogP contribution in [0.15, 0.2) is 24.3 Å². The van der Waals surface area contributed by atoms with E-state index in [4.69, 9.17) is 4.74 Å². The van der Waals surface area contributed by atoms with Crippen molar-refractivity contribution in [2.24, 2.45) is 5.92 Å². The molecule has 0 radical (unpaired) electrons.